The summed E-state index contributed by atoms with van der Waals surface area (Å²) in [7, 11) is 0. The number of hydrogen-bond acceptors (Lipinski definition) is 5. The number of fused-ring (bicyclic) bond motifs is 1. The van der Waals surface area contributed by atoms with Crippen LogP contribution >= 0.6 is 0 Å². The van der Waals surface area contributed by atoms with E-state index in [1.807, 2.05) is 19.1 Å². The summed E-state index contributed by atoms with van der Waals surface area (Å²) in [6.07, 6.45) is 2.24. The van der Waals surface area contributed by atoms with Gasteiger partial charge in [0.25, 0.3) is 0 Å². The lowest BCUT2D eigenvalue weighted by Crippen LogP contribution is -2.44. The van der Waals surface area contributed by atoms with Crippen molar-refractivity contribution in [2.45, 2.75) is 45.3 Å². The molecule has 1 fully saturated rings. The van der Waals surface area contributed by atoms with Crippen molar-refractivity contribution in [3.8, 4) is 0 Å². The van der Waals surface area contributed by atoms with Crippen LogP contribution in [0.2, 0.25) is 0 Å². The normalized spacial score (nSPS) is 21.5. The molecule has 3 aromatic rings. The zero-order valence-corrected chi connectivity index (χ0v) is 14.8. The standard InChI is InChI=1S/C19H24N6/c1-14-12-17(10-11-24(14)13-16-6-4-3-5-7-16)20-18-8-9-19-22-21-15(2)25(19)23-18/h3-9,14,17H,10-13H2,1-2H3,(H,20,23)/t14-,17-/m0/s1. The van der Waals surface area contributed by atoms with Crippen molar-refractivity contribution in [1.82, 2.24) is 24.7 Å². The van der Waals surface area contributed by atoms with E-state index < -0.39 is 0 Å². The zero-order chi connectivity index (χ0) is 17.2. The van der Waals surface area contributed by atoms with Gasteiger partial charge in [0.15, 0.2) is 11.5 Å². The SMILES string of the molecule is Cc1nnc2ccc(N[C@H]3CCN(Cc4ccccc4)[C@@H](C)C3)nn12. The second-order valence-electron chi connectivity index (χ2n) is 6.91. The van der Waals surface area contributed by atoms with E-state index in [-0.39, 0.29) is 0 Å². The third kappa shape index (κ3) is 3.49. The first kappa shape index (κ1) is 16.0. The van der Waals surface area contributed by atoms with Gasteiger partial charge < -0.3 is 5.32 Å². The molecule has 0 amide bonds. The molecule has 0 spiro atoms. The number of nitrogens with one attached hydrogen (secondary N) is 1. The van der Waals surface area contributed by atoms with Crippen molar-refractivity contribution >= 4 is 11.5 Å². The summed E-state index contributed by atoms with van der Waals surface area (Å²) in [5.74, 6) is 1.70. The molecule has 1 aromatic carbocycles. The molecule has 1 saturated heterocycles. The topological polar surface area (TPSA) is 58.4 Å². The van der Waals surface area contributed by atoms with Crippen LogP contribution in [-0.2, 0) is 6.54 Å². The molecule has 2 atom stereocenters. The summed E-state index contributed by atoms with van der Waals surface area (Å²) >= 11 is 0. The quantitative estimate of drug-likeness (QED) is 0.794. The molecule has 1 N–H and O–H groups in total. The number of piperidine rings is 1. The van der Waals surface area contributed by atoms with Gasteiger partial charge in [-0.1, -0.05) is 30.3 Å². The summed E-state index contributed by atoms with van der Waals surface area (Å²) in [4.78, 5) is 2.56. The van der Waals surface area contributed by atoms with Crippen molar-refractivity contribution in [1.29, 1.82) is 0 Å². The van der Waals surface area contributed by atoms with Gasteiger partial charge in [-0.3, -0.25) is 4.90 Å². The van der Waals surface area contributed by atoms with Crippen molar-refractivity contribution in [2.75, 3.05) is 11.9 Å². The number of likely N-dealkylation sites (tertiary alicyclic amines) is 1. The van der Waals surface area contributed by atoms with E-state index in [0.717, 1.165) is 43.2 Å². The van der Waals surface area contributed by atoms with E-state index in [4.69, 9.17) is 0 Å². The largest absolute Gasteiger partial charge is 0.366 e. The second-order valence-corrected chi connectivity index (χ2v) is 6.91. The van der Waals surface area contributed by atoms with Gasteiger partial charge in [-0.15, -0.1) is 15.3 Å². The lowest BCUT2D eigenvalue weighted by atomic mass is 9.97. The molecule has 6 heteroatoms. The minimum atomic E-state index is 0.448. The molecule has 6 nitrogen and oxygen atoms in total. The van der Waals surface area contributed by atoms with E-state index in [9.17, 15) is 0 Å². The van der Waals surface area contributed by atoms with Crippen LogP contribution in [0.1, 0.15) is 31.2 Å². The predicted molar refractivity (Wildman–Crippen MR) is 98.5 cm³/mol. The highest BCUT2D eigenvalue weighted by molar-refractivity contribution is 5.44. The molecule has 2 aromatic heterocycles. The van der Waals surface area contributed by atoms with Gasteiger partial charge in [-0.05, 0) is 44.4 Å². The maximum Gasteiger partial charge on any atom is 0.178 e. The smallest absolute Gasteiger partial charge is 0.178 e. The van der Waals surface area contributed by atoms with Gasteiger partial charge in [0.1, 0.15) is 5.82 Å². The maximum absolute atomic E-state index is 4.61. The summed E-state index contributed by atoms with van der Waals surface area (Å²) < 4.78 is 1.79. The van der Waals surface area contributed by atoms with E-state index >= 15 is 0 Å². The number of hydrogen-bond donors (Lipinski definition) is 1. The van der Waals surface area contributed by atoms with Crippen LogP contribution in [0.25, 0.3) is 5.65 Å². The molecule has 0 saturated carbocycles. The number of nitrogens with zero attached hydrogens (tertiary/aromatic N) is 5. The Morgan fingerprint density at radius 2 is 1.96 bits per heavy atom. The summed E-state index contributed by atoms with van der Waals surface area (Å²) in [5, 5.41) is 16.3. The van der Waals surface area contributed by atoms with Gasteiger partial charge in [0.05, 0.1) is 0 Å². The van der Waals surface area contributed by atoms with Crippen LogP contribution in [-0.4, -0.2) is 43.3 Å². The lowest BCUT2D eigenvalue weighted by molar-refractivity contribution is 0.144. The van der Waals surface area contributed by atoms with Crippen LogP contribution in [0.4, 0.5) is 5.82 Å². The Hall–Kier alpha value is -2.47. The maximum atomic E-state index is 4.61. The molecule has 130 valence electrons. The summed E-state index contributed by atoms with van der Waals surface area (Å²) in [5.41, 5.74) is 2.17. The molecular formula is C19H24N6. The average Bonchev–Trinajstić information content (AvgIpc) is 2.99. The van der Waals surface area contributed by atoms with Crippen LogP contribution in [0.15, 0.2) is 42.5 Å². The Balaban J connectivity index is 1.39. The van der Waals surface area contributed by atoms with Gasteiger partial charge in [-0.25, -0.2) is 0 Å². The minimum Gasteiger partial charge on any atom is -0.366 e. The Labute approximate surface area is 147 Å². The Morgan fingerprint density at radius 1 is 1.12 bits per heavy atom. The number of aryl methyl sites for hydroxylation is 1. The van der Waals surface area contributed by atoms with E-state index in [1.54, 1.807) is 4.52 Å². The van der Waals surface area contributed by atoms with Gasteiger partial charge >= 0.3 is 0 Å². The molecule has 1 aliphatic rings. The van der Waals surface area contributed by atoms with Gasteiger partial charge in [0, 0.05) is 25.2 Å². The predicted octanol–water partition coefficient (Wildman–Crippen LogP) is 2.90. The monoisotopic (exact) mass is 336 g/mol. The molecule has 3 heterocycles. The Morgan fingerprint density at radius 3 is 2.76 bits per heavy atom. The molecule has 1 aliphatic heterocycles. The molecular weight excluding hydrogens is 312 g/mol. The molecule has 0 aliphatic carbocycles. The molecule has 0 unspecified atom stereocenters. The summed E-state index contributed by atoms with van der Waals surface area (Å²) in [6, 6.07) is 15.7. The van der Waals surface area contributed by atoms with Crippen molar-refractivity contribution in [3.05, 3.63) is 53.9 Å². The number of anilines is 1. The fraction of sp³-hybridized carbons (Fsp3) is 0.421. The van der Waals surface area contributed by atoms with E-state index in [1.165, 1.54) is 5.56 Å². The fourth-order valence-corrected chi connectivity index (χ4v) is 3.59. The second kappa shape index (κ2) is 6.80. The van der Waals surface area contributed by atoms with Crippen molar-refractivity contribution in [3.63, 3.8) is 0 Å². The molecule has 4 rings (SSSR count). The lowest BCUT2D eigenvalue weighted by Gasteiger charge is -2.38. The number of rotatable bonds is 4. The highest BCUT2D eigenvalue weighted by Gasteiger charge is 2.25. The Bertz CT molecular complexity index is 844. The highest BCUT2D eigenvalue weighted by Crippen LogP contribution is 2.22. The van der Waals surface area contributed by atoms with Gasteiger partial charge in [-0.2, -0.15) is 4.52 Å². The Kier molecular flexibility index (Phi) is 4.36. The average molecular weight is 336 g/mol. The third-order valence-corrected chi connectivity index (χ3v) is 5.01. The molecule has 0 bridgehead atoms. The molecule has 25 heavy (non-hydrogen) atoms. The van der Waals surface area contributed by atoms with Crippen molar-refractivity contribution < 1.29 is 0 Å². The van der Waals surface area contributed by atoms with E-state index in [0.29, 0.717) is 12.1 Å². The number of benzene rings is 1. The summed E-state index contributed by atoms with van der Waals surface area (Å²) in [6.45, 7) is 6.36. The minimum absolute atomic E-state index is 0.448. The zero-order valence-electron chi connectivity index (χ0n) is 14.8. The van der Waals surface area contributed by atoms with Crippen LogP contribution in [0, 0.1) is 6.92 Å². The number of aromatic nitrogens is 4. The van der Waals surface area contributed by atoms with Crippen molar-refractivity contribution in [2.24, 2.45) is 0 Å². The fourth-order valence-electron chi connectivity index (χ4n) is 3.59. The first-order valence-corrected chi connectivity index (χ1v) is 8.92. The first-order chi connectivity index (χ1) is 12.2. The van der Waals surface area contributed by atoms with Gasteiger partial charge in [0.2, 0.25) is 0 Å². The van der Waals surface area contributed by atoms with E-state index in [2.05, 4.69) is 62.8 Å². The first-order valence-electron chi connectivity index (χ1n) is 8.92. The third-order valence-electron chi connectivity index (χ3n) is 5.01. The van der Waals surface area contributed by atoms with Crippen LogP contribution in [0.3, 0.4) is 0 Å². The molecule has 0 radical (unpaired) electrons. The van der Waals surface area contributed by atoms with Crippen LogP contribution in [0.5, 0.6) is 0 Å². The van der Waals surface area contributed by atoms with Crippen LogP contribution < -0.4 is 5.32 Å². The highest BCUT2D eigenvalue weighted by atomic mass is 15.4.